The second-order valence-corrected chi connectivity index (χ2v) is 16.7. The number of para-hydroxylation sites is 1. The zero-order valence-electron chi connectivity index (χ0n) is 13.6. The molecule has 0 N–H and O–H groups in total. The fraction of sp³-hybridized carbons (Fsp3) is 0.600. The minimum absolute atomic E-state index is 1.07. The van der Waals surface area contributed by atoms with Gasteiger partial charge in [0, 0.05) is 0 Å². The molecule has 1 rings (SSSR count). The van der Waals surface area contributed by atoms with Gasteiger partial charge in [0.1, 0.15) is 14.0 Å². The van der Waals surface area contributed by atoms with Gasteiger partial charge in [-0.1, -0.05) is 37.8 Å². The number of rotatable bonds is 6. The second-order valence-electron chi connectivity index (χ2n) is 7.16. The van der Waals surface area contributed by atoms with E-state index in [-0.39, 0.29) is 0 Å². The number of likely N-dealkylation sites (N-methyl/N-ethyl adjacent to an activating group) is 1. The van der Waals surface area contributed by atoms with E-state index in [0.717, 1.165) is 18.7 Å². The van der Waals surface area contributed by atoms with Crippen LogP contribution in [0.2, 0.25) is 39.3 Å². The molecule has 0 amide bonds. The highest BCUT2D eigenvalue weighted by Gasteiger charge is 2.21. The maximum Gasteiger partial charge on any atom is 0.242 e. The molecule has 0 aromatic heterocycles. The van der Waals surface area contributed by atoms with Gasteiger partial charge in [-0.25, -0.2) is 0 Å². The van der Waals surface area contributed by atoms with Crippen molar-refractivity contribution in [3.05, 3.63) is 29.8 Å². The van der Waals surface area contributed by atoms with E-state index in [9.17, 15) is 0 Å². The average molecular weight is 296 g/mol. The summed E-state index contributed by atoms with van der Waals surface area (Å²) in [5, 5.41) is 0. The van der Waals surface area contributed by atoms with Crippen molar-refractivity contribution in [2.45, 2.75) is 45.7 Å². The normalized spacial score (nSPS) is 12.8. The average Bonchev–Trinajstić information content (AvgIpc) is 2.24. The van der Waals surface area contributed by atoms with Gasteiger partial charge in [0.15, 0.2) is 0 Å². The summed E-state index contributed by atoms with van der Waals surface area (Å²) in [5.41, 5.74) is 1.34. The lowest BCUT2D eigenvalue weighted by Gasteiger charge is -2.30. The molecule has 0 radical (unpaired) electrons. The molecule has 0 atom stereocenters. The predicted octanol–water partition coefficient (Wildman–Crippen LogP) is 4.21. The van der Waals surface area contributed by atoms with Gasteiger partial charge in [-0.3, -0.25) is 0 Å². The Labute approximate surface area is 121 Å². The van der Waals surface area contributed by atoms with E-state index in [1.54, 1.807) is 0 Å². The van der Waals surface area contributed by atoms with Gasteiger partial charge in [-0.05, 0) is 51.3 Å². The van der Waals surface area contributed by atoms with Gasteiger partial charge in [-0.2, -0.15) is 0 Å². The molecule has 0 spiro atoms. The van der Waals surface area contributed by atoms with Crippen LogP contribution in [-0.2, 0) is 6.42 Å². The summed E-state index contributed by atoms with van der Waals surface area (Å²) >= 11 is 0. The standard InChI is InChI=1S/C15H29NOSi2/c1-16(18(2,3)4)13-12-14-10-8-9-11-15(14)17-19(5,6)7/h8-11H,12-13H2,1-7H3. The fourth-order valence-corrected chi connectivity index (χ4v) is 3.40. The lowest BCUT2D eigenvalue weighted by Crippen LogP contribution is -2.44. The molecule has 4 heteroatoms. The van der Waals surface area contributed by atoms with Crippen LogP contribution in [0.1, 0.15) is 5.56 Å². The fourth-order valence-electron chi connectivity index (χ4n) is 1.76. The van der Waals surface area contributed by atoms with E-state index in [1.807, 2.05) is 0 Å². The third kappa shape index (κ3) is 5.93. The van der Waals surface area contributed by atoms with Crippen LogP contribution in [0.3, 0.4) is 0 Å². The molecule has 0 heterocycles. The molecule has 0 fully saturated rings. The molecule has 0 aliphatic carbocycles. The Balaban J connectivity index is 2.74. The molecular formula is C15H29NOSi2. The number of hydrogen-bond acceptors (Lipinski definition) is 2. The van der Waals surface area contributed by atoms with Gasteiger partial charge < -0.3 is 8.99 Å². The van der Waals surface area contributed by atoms with Crippen molar-refractivity contribution in [3.63, 3.8) is 0 Å². The van der Waals surface area contributed by atoms with Crippen molar-refractivity contribution in [1.29, 1.82) is 0 Å². The van der Waals surface area contributed by atoms with Crippen molar-refractivity contribution < 1.29 is 4.43 Å². The zero-order chi connectivity index (χ0) is 14.7. The molecule has 0 saturated heterocycles. The lowest BCUT2D eigenvalue weighted by molar-refractivity contribution is 0.500. The Bertz CT molecular complexity index is 407. The van der Waals surface area contributed by atoms with Crippen LogP contribution >= 0.6 is 0 Å². The first-order chi connectivity index (χ1) is 8.59. The van der Waals surface area contributed by atoms with Crippen molar-refractivity contribution in [1.82, 2.24) is 4.57 Å². The van der Waals surface area contributed by atoms with Crippen molar-refractivity contribution in [2.75, 3.05) is 13.6 Å². The molecule has 1 aromatic carbocycles. The third-order valence-corrected chi connectivity index (χ3v) is 6.60. The van der Waals surface area contributed by atoms with E-state index in [4.69, 9.17) is 4.43 Å². The molecule has 0 saturated carbocycles. The molecule has 0 aliphatic rings. The van der Waals surface area contributed by atoms with Crippen LogP contribution in [-0.4, -0.2) is 34.7 Å². The summed E-state index contributed by atoms with van der Waals surface area (Å²) in [6.07, 6.45) is 1.07. The largest absolute Gasteiger partial charge is 0.544 e. The van der Waals surface area contributed by atoms with Crippen LogP contribution in [0, 0.1) is 0 Å². The molecule has 2 nitrogen and oxygen atoms in total. The van der Waals surface area contributed by atoms with Crippen LogP contribution in [0.25, 0.3) is 0 Å². The van der Waals surface area contributed by atoms with Crippen molar-refractivity contribution >= 4 is 16.6 Å². The summed E-state index contributed by atoms with van der Waals surface area (Å²) in [7, 11) is -0.460. The van der Waals surface area contributed by atoms with Crippen molar-refractivity contribution in [3.8, 4) is 5.75 Å². The quantitative estimate of drug-likeness (QED) is 0.729. The van der Waals surface area contributed by atoms with Crippen LogP contribution in [0.15, 0.2) is 24.3 Å². The first kappa shape index (κ1) is 16.5. The number of nitrogens with zero attached hydrogens (tertiary/aromatic N) is 1. The van der Waals surface area contributed by atoms with Gasteiger partial charge >= 0.3 is 0 Å². The Morgan fingerprint density at radius 3 is 2.11 bits per heavy atom. The molecule has 1 aromatic rings. The smallest absolute Gasteiger partial charge is 0.242 e. The third-order valence-electron chi connectivity index (χ3n) is 3.25. The van der Waals surface area contributed by atoms with Gasteiger partial charge in [0.2, 0.25) is 8.32 Å². The van der Waals surface area contributed by atoms with Crippen LogP contribution in [0.5, 0.6) is 5.75 Å². The summed E-state index contributed by atoms with van der Waals surface area (Å²) < 4.78 is 8.71. The minimum Gasteiger partial charge on any atom is -0.544 e. The maximum absolute atomic E-state index is 6.18. The van der Waals surface area contributed by atoms with E-state index >= 15 is 0 Å². The molecule has 0 unspecified atom stereocenters. The van der Waals surface area contributed by atoms with E-state index in [1.165, 1.54) is 5.56 Å². The number of hydrogen-bond donors (Lipinski definition) is 0. The lowest BCUT2D eigenvalue weighted by atomic mass is 10.1. The molecular weight excluding hydrogens is 266 g/mol. The zero-order valence-corrected chi connectivity index (χ0v) is 15.6. The topological polar surface area (TPSA) is 12.5 Å². The first-order valence-electron chi connectivity index (χ1n) is 7.08. The Kier molecular flexibility index (Phi) is 5.41. The van der Waals surface area contributed by atoms with Crippen molar-refractivity contribution in [2.24, 2.45) is 0 Å². The maximum atomic E-state index is 6.18. The summed E-state index contributed by atoms with van der Waals surface area (Å²) in [6.45, 7) is 15.0. The summed E-state index contributed by atoms with van der Waals surface area (Å²) in [6, 6.07) is 8.50. The van der Waals surface area contributed by atoms with E-state index in [0.29, 0.717) is 0 Å². The van der Waals surface area contributed by atoms with Gasteiger partial charge in [-0.15, -0.1) is 0 Å². The Morgan fingerprint density at radius 1 is 1.00 bits per heavy atom. The van der Waals surface area contributed by atoms with Gasteiger partial charge in [0.05, 0.1) is 0 Å². The Morgan fingerprint density at radius 2 is 1.58 bits per heavy atom. The molecule has 108 valence electrons. The highest BCUT2D eigenvalue weighted by Crippen LogP contribution is 2.22. The Hall–Kier alpha value is -0.586. The van der Waals surface area contributed by atoms with Crippen LogP contribution < -0.4 is 4.43 Å². The summed E-state index contributed by atoms with van der Waals surface area (Å²) in [4.78, 5) is 0. The van der Waals surface area contributed by atoms with Gasteiger partial charge in [0.25, 0.3) is 0 Å². The predicted molar refractivity (Wildman–Crippen MR) is 90.1 cm³/mol. The number of benzene rings is 1. The molecule has 0 aliphatic heterocycles. The highest BCUT2D eigenvalue weighted by molar-refractivity contribution is 6.73. The SMILES string of the molecule is CN(CCc1ccccc1O[Si](C)(C)C)[Si](C)(C)C. The summed E-state index contributed by atoms with van der Waals surface area (Å²) in [5.74, 6) is 1.09. The molecule has 19 heavy (non-hydrogen) atoms. The first-order valence-corrected chi connectivity index (χ1v) is 13.9. The molecule has 0 bridgehead atoms. The second kappa shape index (κ2) is 6.24. The highest BCUT2D eigenvalue weighted by atomic mass is 28.4. The van der Waals surface area contributed by atoms with Crippen LogP contribution in [0.4, 0.5) is 0 Å². The van der Waals surface area contributed by atoms with E-state index < -0.39 is 16.6 Å². The minimum atomic E-state index is -1.53. The monoisotopic (exact) mass is 295 g/mol. The van der Waals surface area contributed by atoms with E-state index in [2.05, 4.69) is 75.2 Å².